The fourth-order valence-corrected chi connectivity index (χ4v) is 6.05. The van der Waals surface area contributed by atoms with Gasteiger partial charge >= 0.3 is 5.97 Å². The van der Waals surface area contributed by atoms with Crippen molar-refractivity contribution in [2.24, 2.45) is 0 Å². The number of hydrogen-bond acceptors (Lipinski definition) is 8. The molecule has 4 N–H and O–H groups in total. The van der Waals surface area contributed by atoms with Crippen LogP contribution >= 0.6 is 11.6 Å². The van der Waals surface area contributed by atoms with Gasteiger partial charge in [0, 0.05) is 38.1 Å². The van der Waals surface area contributed by atoms with E-state index in [1.165, 1.54) is 52.5 Å². The fourth-order valence-electron chi connectivity index (χ4n) is 5.88. The number of methoxy groups -OCH3 is 1. The Balaban J connectivity index is 1.33. The van der Waals surface area contributed by atoms with Crippen molar-refractivity contribution in [1.82, 2.24) is 15.9 Å². The predicted molar refractivity (Wildman–Crippen MR) is 163 cm³/mol. The van der Waals surface area contributed by atoms with Crippen LogP contribution in [0, 0.1) is 5.82 Å². The first-order chi connectivity index (χ1) is 21.2. The van der Waals surface area contributed by atoms with Gasteiger partial charge in [0.1, 0.15) is 11.7 Å². The zero-order valence-corrected chi connectivity index (χ0v) is 24.5. The van der Waals surface area contributed by atoms with Crippen molar-refractivity contribution < 1.29 is 28.6 Å². The lowest BCUT2D eigenvalue weighted by Crippen LogP contribution is -2.48. The molecule has 0 spiro atoms. The first kappa shape index (κ1) is 29.4. The van der Waals surface area contributed by atoms with Crippen molar-refractivity contribution >= 4 is 46.4 Å². The molecule has 13 heteroatoms. The van der Waals surface area contributed by atoms with E-state index in [0.29, 0.717) is 17.7 Å². The number of halogens is 2. The summed E-state index contributed by atoms with van der Waals surface area (Å²) in [4.78, 5) is 43.0. The topological polar surface area (TPSA) is 126 Å². The molecule has 3 aliphatic heterocycles. The van der Waals surface area contributed by atoms with Crippen LogP contribution in [0.3, 0.4) is 0 Å². The van der Waals surface area contributed by atoms with Gasteiger partial charge in [0.15, 0.2) is 5.82 Å². The molecule has 1 unspecified atom stereocenters. The van der Waals surface area contributed by atoms with Crippen LogP contribution in [0.5, 0.6) is 0 Å². The van der Waals surface area contributed by atoms with Gasteiger partial charge in [0.25, 0.3) is 11.8 Å². The summed E-state index contributed by atoms with van der Waals surface area (Å²) >= 11 is 5.95. The zero-order valence-electron chi connectivity index (χ0n) is 23.7. The molecule has 44 heavy (non-hydrogen) atoms. The Labute approximate surface area is 257 Å². The summed E-state index contributed by atoms with van der Waals surface area (Å²) < 4.78 is 20.3. The van der Waals surface area contributed by atoms with Gasteiger partial charge in [-0.25, -0.2) is 9.18 Å². The minimum atomic E-state index is -1.08. The summed E-state index contributed by atoms with van der Waals surface area (Å²) in [6.07, 6.45) is 2.92. The van der Waals surface area contributed by atoms with E-state index in [-0.39, 0.29) is 34.6 Å². The Morgan fingerprint density at radius 1 is 1.05 bits per heavy atom. The first-order valence-electron chi connectivity index (χ1n) is 14.1. The molecule has 0 radical (unpaired) electrons. The van der Waals surface area contributed by atoms with Gasteiger partial charge in [-0.15, -0.1) is 5.53 Å². The Hall–Kier alpha value is -4.65. The normalized spacial score (nSPS) is 19.3. The second-order valence-electron chi connectivity index (χ2n) is 10.7. The van der Waals surface area contributed by atoms with E-state index in [9.17, 15) is 23.9 Å². The highest BCUT2D eigenvalue weighted by Crippen LogP contribution is 2.38. The van der Waals surface area contributed by atoms with Crippen LogP contribution < -0.4 is 26.2 Å². The molecule has 3 aromatic carbocycles. The van der Waals surface area contributed by atoms with Crippen molar-refractivity contribution in [3.05, 3.63) is 100 Å². The highest BCUT2D eigenvalue weighted by Gasteiger charge is 2.40. The molecule has 11 nitrogen and oxygen atoms in total. The van der Waals surface area contributed by atoms with E-state index in [4.69, 9.17) is 16.3 Å². The van der Waals surface area contributed by atoms with Crippen LogP contribution in [-0.2, 0) is 20.7 Å². The number of nitrogens with zero attached hydrogens (tertiary/aromatic N) is 3. The number of fused-ring (bicyclic) bond motifs is 1. The minimum Gasteiger partial charge on any atom is -0.478 e. The van der Waals surface area contributed by atoms with E-state index in [0.717, 1.165) is 30.8 Å². The number of ether oxygens (including phenoxy) is 1. The smallest absolute Gasteiger partial charge is 0.335 e. The summed E-state index contributed by atoms with van der Waals surface area (Å²) in [5.41, 5.74) is 8.91. The lowest BCUT2D eigenvalue weighted by Gasteiger charge is -2.38. The second-order valence-corrected chi connectivity index (χ2v) is 11.1. The van der Waals surface area contributed by atoms with Gasteiger partial charge in [-0.2, -0.15) is 0 Å². The number of rotatable bonds is 7. The number of hydrogen-bond donors (Lipinski definition) is 4. The van der Waals surface area contributed by atoms with Crippen LogP contribution in [-0.4, -0.2) is 60.6 Å². The number of carbonyl (C=O) groups excluding carboxylic acids is 2. The van der Waals surface area contributed by atoms with E-state index in [1.807, 2.05) is 18.2 Å². The first-order valence-corrected chi connectivity index (χ1v) is 14.4. The van der Waals surface area contributed by atoms with Crippen LogP contribution in [0.25, 0.3) is 0 Å². The number of hydrazine groups is 2. The largest absolute Gasteiger partial charge is 0.478 e. The lowest BCUT2D eigenvalue weighted by atomic mass is 9.89. The Bertz CT molecular complexity index is 1650. The van der Waals surface area contributed by atoms with Gasteiger partial charge in [-0.05, 0) is 66.4 Å². The van der Waals surface area contributed by atoms with Crippen molar-refractivity contribution in [1.29, 1.82) is 0 Å². The maximum atomic E-state index is 14.7. The van der Waals surface area contributed by atoms with Gasteiger partial charge in [0.2, 0.25) is 0 Å². The van der Waals surface area contributed by atoms with E-state index in [1.54, 1.807) is 13.2 Å². The SMILES string of the molecule is CO[C@@H]1CCN(c2cccc3c2CCN(C(=O)C2=CN(c4cccc(Cl)c4F)NN2)C3C(=O)Nc2ccc(C(=O)O)cc2)C1. The van der Waals surface area contributed by atoms with E-state index < -0.39 is 29.6 Å². The molecule has 0 bridgehead atoms. The average molecular weight is 621 g/mol. The van der Waals surface area contributed by atoms with E-state index in [2.05, 4.69) is 21.2 Å². The van der Waals surface area contributed by atoms with Crippen LogP contribution in [0.1, 0.15) is 33.9 Å². The minimum absolute atomic E-state index is 0.0659. The number of carboxylic acids is 1. The van der Waals surface area contributed by atoms with Gasteiger partial charge in [-0.1, -0.05) is 29.8 Å². The number of aromatic carboxylic acids is 1. The average Bonchev–Trinajstić information content (AvgIpc) is 3.72. The highest BCUT2D eigenvalue weighted by molar-refractivity contribution is 6.31. The van der Waals surface area contributed by atoms with E-state index >= 15 is 0 Å². The molecule has 0 aromatic heterocycles. The Morgan fingerprint density at radius 2 is 1.80 bits per heavy atom. The predicted octanol–water partition coefficient (Wildman–Crippen LogP) is 3.84. The molecule has 3 aliphatic rings. The number of anilines is 3. The van der Waals surface area contributed by atoms with Crippen LogP contribution in [0.2, 0.25) is 5.02 Å². The second kappa shape index (κ2) is 12.2. The molecule has 1 saturated heterocycles. The zero-order chi connectivity index (χ0) is 31.0. The number of nitrogens with one attached hydrogen (secondary N) is 3. The molecule has 3 heterocycles. The van der Waals surface area contributed by atoms with Gasteiger partial charge in [-0.3, -0.25) is 20.0 Å². The van der Waals surface area contributed by atoms with Gasteiger partial charge < -0.3 is 25.0 Å². The number of carbonyl (C=O) groups is 3. The molecule has 1 fully saturated rings. The molecule has 3 aromatic rings. The quantitative estimate of drug-likeness (QED) is 0.312. The molecule has 2 amide bonds. The third kappa shape index (κ3) is 5.54. The summed E-state index contributed by atoms with van der Waals surface area (Å²) in [7, 11) is 1.70. The highest BCUT2D eigenvalue weighted by atomic mass is 35.5. The molecule has 6 rings (SSSR count). The Kier molecular flexibility index (Phi) is 8.13. The molecular formula is C31H30ClFN6O5. The number of benzene rings is 3. The number of carboxylic acid groups (broad SMARTS) is 1. The lowest BCUT2D eigenvalue weighted by molar-refractivity contribution is -0.136. The fraction of sp³-hybridized carbons (Fsp3) is 0.258. The number of amides is 2. The van der Waals surface area contributed by atoms with Crippen molar-refractivity contribution in [2.75, 3.05) is 42.0 Å². The summed E-state index contributed by atoms with van der Waals surface area (Å²) in [5, 5.41) is 13.3. The molecule has 228 valence electrons. The van der Waals surface area contributed by atoms with Crippen molar-refractivity contribution in [3.63, 3.8) is 0 Å². The van der Waals surface area contributed by atoms with Crippen LogP contribution in [0.15, 0.2) is 72.6 Å². The maximum Gasteiger partial charge on any atom is 0.335 e. The van der Waals surface area contributed by atoms with Crippen molar-refractivity contribution in [2.45, 2.75) is 25.0 Å². The summed E-state index contributed by atoms with van der Waals surface area (Å²) in [6.45, 7) is 1.77. The monoisotopic (exact) mass is 620 g/mol. The van der Waals surface area contributed by atoms with Crippen LogP contribution in [0.4, 0.5) is 21.5 Å². The van der Waals surface area contributed by atoms with Gasteiger partial charge in [0.05, 0.1) is 28.6 Å². The standard InChI is InChI=1S/C31H30ClFN6O5/c1-44-20-12-14-37(16-20)25-6-2-4-22-21(25)13-15-38(28(22)29(40)34-19-10-8-18(9-11-19)31(42)43)30(41)24-17-39(36-35-24)26-7-3-5-23(32)27(26)33/h2-11,17,20,28,35-36H,12-16H2,1H3,(H,34,40)(H,42,43)/t20-,28?/m1/s1. The molecule has 0 aliphatic carbocycles. The summed E-state index contributed by atoms with van der Waals surface area (Å²) in [5.74, 6) is -2.67. The molecule has 2 atom stereocenters. The molecular weight excluding hydrogens is 591 g/mol. The third-order valence-electron chi connectivity index (χ3n) is 8.11. The van der Waals surface area contributed by atoms with Crippen molar-refractivity contribution in [3.8, 4) is 0 Å². The summed E-state index contributed by atoms with van der Waals surface area (Å²) in [6, 6.07) is 15.1. The maximum absolute atomic E-state index is 14.7. The third-order valence-corrected chi connectivity index (χ3v) is 8.41. The molecule has 0 saturated carbocycles. The Morgan fingerprint density at radius 3 is 2.52 bits per heavy atom.